The lowest BCUT2D eigenvalue weighted by Gasteiger charge is -2.70. The fourth-order valence-corrected chi connectivity index (χ4v) is 10.8. The number of allylic oxidation sites excluding steroid dienone is 2. The molecule has 0 aromatic carbocycles. The van der Waals surface area contributed by atoms with E-state index in [0.29, 0.717) is 23.0 Å². The van der Waals surface area contributed by atoms with Gasteiger partial charge in [0.25, 0.3) is 0 Å². The van der Waals surface area contributed by atoms with E-state index in [1.807, 2.05) is 7.11 Å². The molecule has 198 valence electrons. The monoisotopic (exact) mass is 484 g/mol. The highest BCUT2D eigenvalue weighted by atomic mass is 16.5. The molecule has 2 unspecified atom stereocenters. The number of methoxy groups -OCH3 is 1. The maximum absolute atomic E-state index is 14.4. The number of rotatable bonds is 3. The van der Waals surface area contributed by atoms with Gasteiger partial charge in [0.2, 0.25) is 0 Å². The number of carbonyl (C=O) groups is 1. The second-order valence-corrected chi connectivity index (χ2v) is 15.7. The van der Waals surface area contributed by atoms with E-state index in [0.717, 1.165) is 45.1 Å². The Labute approximate surface area is 214 Å². The number of carbonyl (C=O) groups excluding carboxylic acids is 1. The predicted octanol–water partition coefficient (Wildman–Crippen LogP) is 7.36. The van der Waals surface area contributed by atoms with E-state index >= 15 is 0 Å². The Balaban J connectivity index is 1.61. The van der Waals surface area contributed by atoms with Gasteiger partial charge in [0.1, 0.15) is 0 Å². The third-order valence-electron chi connectivity index (χ3n) is 13.4. The van der Waals surface area contributed by atoms with E-state index in [4.69, 9.17) is 4.74 Å². The maximum atomic E-state index is 14.4. The van der Waals surface area contributed by atoms with Gasteiger partial charge in [-0.1, -0.05) is 54.0 Å². The molecule has 35 heavy (non-hydrogen) atoms. The topological polar surface area (TPSA) is 46.5 Å². The molecule has 0 saturated heterocycles. The SMILES string of the molecule is COCC[C@]12CCC(C)(C)CC1C1C(=O)C=C3[C@@]4(C)CC[C@H](O)C(C)(C)[C@@H]4CC[C@@]3(C)[C@]1(C)CC2. The van der Waals surface area contributed by atoms with Crippen LogP contribution in [-0.2, 0) is 9.53 Å². The Bertz CT molecular complexity index is 916. The number of fused-ring (bicyclic) bond motifs is 7. The molecule has 3 nitrogen and oxygen atoms in total. The summed E-state index contributed by atoms with van der Waals surface area (Å²) in [6.45, 7) is 17.7. The van der Waals surface area contributed by atoms with Crippen molar-refractivity contribution in [2.75, 3.05) is 13.7 Å². The first-order valence-corrected chi connectivity index (χ1v) is 14.6. The summed E-state index contributed by atoms with van der Waals surface area (Å²) in [5, 5.41) is 10.9. The lowest BCUT2D eigenvalue weighted by molar-refractivity contribution is -0.182. The number of aliphatic hydroxyl groups is 1. The Kier molecular flexibility index (Phi) is 5.87. The first-order valence-electron chi connectivity index (χ1n) is 14.6. The maximum Gasteiger partial charge on any atom is 0.159 e. The number of ketones is 1. The van der Waals surface area contributed by atoms with Crippen molar-refractivity contribution < 1.29 is 14.6 Å². The Morgan fingerprint density at radius 1 is 0.943 bits per heavy atom. The highest BCUT2D eigenvalue weighted by molar-refractivity contribution is 5.95. The van der Waals surface area contributed by atoms with Crippen LogP contribution in [0.1, 0.15) is 113 Å². The zero-order valence-corrected chi connectivity index (χ0v) is 23.9. The second kappa shape index (κ2) is 7.92. The van der Waals surface area contributed by atoms with Crippen LogP contribution in [0.5, 0.6) is 0 Å². The largest absolute Gasteiger partial charge is 0.393 e. The van der Waals surface area contributed by atoms with E-state index in [1.54, 1.807) is 0 Å². The van der Waals surface area contributed by atoms with E-state index < -0.39 is 0 Å². The quantitative estimate of drug-likeness (QED) is 0.455. The van der Waals surface area contributed by atoms with Crippen LogP contribution < -0.4 is 0 Å². The zero-order chi connectivity index (χ0) is 25.7. The van der Waals surface area contributed by atoms with Gasteiger partial charge in [-0.05, 0) is 115 Å². The number of ether oxygens (including phenoxy) is 1. The standard InChI is InChI=1S/C32H52O3/c1-27(2)13-15-32(17-18-35-8)16-14-31(7)26(21(32)20-27)22(33)19-24-29(5)11-10-25(34)28(3,4)23(29)9-12-30(24,31)6/h19,21,23,25-26,34H,9-18,20H2,1-8H3/t21?,23-,25-,26?,29-,30+,31+,32+/m0/s1. The van der Waals surface area contributed by atoms with Gasteiger partial charge in [0.05, 0.1) is 6.10 Å². The molecule has 4 fully saturated rings. The zero-order valence-electron chi connectivity index (χ0n) is 23.9. The third-order valence-corrected chi connectivity index (χ3v) is 13.4. The normalized spacial score (nSPS) is 50.3. The minimum absolute atomic E-state index is 0.00971. The van der Waals surface area contributed by atoms with Crippen molar-refractivity contribution in [3.63, 3.8) is 0 Å². The summed E-state index contributed by atoms with van der Waals surface area (Å²) in [5.41, 5.74) is 1.98. The van der Waals surface area contributed by atoms with Crippen LogP contribution >= 0.6 is 0 Å². The van der Waals surface area contributed by atoms with Crippen molar-refractivity contribution in [2.45, 2.75) is 119 Å². The molecule has 4 saturated carbocycles. The van der Waals surface area contributed by atoms with Crippen LogP contribution in [0.25, 0.3) is 0 Å². The molecule has 0 aromatic heterocycles. The number of aliphatic hydroxyl groups excluding tert-OH is 1. The van der Waals surface area contributed by atoms with Gasteiger partial charge < -0.3 is 9.84 Å². The van der Waals surface area contributed by atoms with Gasteiger partial charge in [0.15, 0.2) is 5.78 Å². The number of hydrogen-bond donors (Lipinski definition) is 1. The van der Waals surface area contributed by atoms with Crippen LogP contribution in [0.4, 0.5) is 0 Å². The second-order valence-electron chi connectivity index (χ2n) is 15.7. The molecule has 0 amide bonds. The van der Waals surface area contributed by atoms with Gasteiger partial charge in [-0.15, -0.1) is 0 Å². The molecule has 5 aliphatic rings. The summed E-state index contributed by atoms with van der Waals surface area (Å²) in [6, 6.07) is 0. The van der Waals surface area contributed by atoms with Crippen molar-refractivity contribution in [3.8, 4) is 0 Å². The molecule has 5 rings (SSSR count). The molecule has 0 spiro atoms. The fourth-order valence-electron chi connectivity index (χ4n) is 10.8. The van der Waals surface area contributed by atoms with Gasteiger partial charge in [-0.25, -0.2) is 0 Å². The Morgan fingerprint density at radius 3 is 2.31 bits per heavy atom. The lowest BCUT2D eigenvalue weighted by atomic mass is 9.33. The molecular formula is C32H52O3. The van der Waals surface area contributed by atoms with Crippen LogP contribution in [0, 0.1) is 50.2 Å². The van der Waals surface area contributed by atoms with Crippen molar-refractivity contribution in [1.29, 1.82) is 0 Å². The Hall–Kier alpha value is -0.670. The van der Waals surface area contributed by atoms with Gasteiger partial charge >= 0.3 is 0 Å². The lowest BCUT2D eigenvalue weighted by Crippen LogP contribution is -2.65. The molecule has 0 heterocycles. The molecule has 0 aliphatic heterocycles. The van der Waals surface area contributed by atoms with E-state index in [2.05, 4.69) is 54.5 Å². The minimum atomic E-state index is -0.242. The number of hydrogen-bond acceptors (Lipinski definition) is 3. The summed E-state index contributed by atoms with van der Waals surface area (Å²) in [6.07, 6.45) is 13.3. The summed E-state index contributed by atoms with van der Waals surface area (Å²) >= 11 is 0. The summed E-state index contributed by atoms with van der Waals surface area (Å²) in [5.74, 6) is 1.44. The average molecular weight is 485 g/mol. The molecule has 8 atom stereocenters. The molecular weight excluding hydrogens is 432 g/mol. The van der Waals surface area contributed by atoms with Crippen molar-refractivity contribution in [1.82, 2.24) is 0 Å². The molecule has 3 heteroatoms. The van der Waals surface area contributed by atoms with E-state index in [-0.39, 0.29) is 39.1 Å². The average Bonchev–Trinajstić information content (AvgIpc) is 2.77. The first-order chi connectivity index (χ1) is 16.2. The van der Waals surface area contributed by atoms with Crippen LogP contribution in [0.15, 0.2) is 11.6 Å². The molecule has 0 radical (unpaired) electrons. The molecule has 1 N–H and O–H groups in total. The van der Waals surface area contributed by atoms with Gasteiger partial charge in [0, 0.05) is 19.6 Å². The molecule has 0 aromatic rings. The predicted molar refractivity (Wildman–Crippen MR) is 142 cm³/mol. The fraction of sp³-hybridized carbons (Fsp3) is 0.906. The Morgan fingerprint density at radius 2 is 1.63 bits per heavy atom. The molecule has 0 bridgehead atoms. The van der Waals surface area contributed by atoms with E-state index in [1.165, 1.54) is 31.3 Å². The van der Waals surface area contributed by atoms with Crippen molar-refractivity contribution >= 4 is 5.78 Å². The summed E-state index contributed by atoms with van der Waals surface area (Å²) in [7, 11) is 1.83. The van der Waals surface area contributed by atoms with Gasteiger partial charge in [-0.3, -0.25) is 4.79 Å². The minimum Gasteiger partial charge on any atom is -0.393 e. The highest BCUT2D eigenvalue weighted by Gasteiger charge is 2.69. The van der Waals surface area contributed by atoms with Crippen molar-refractivity contribution in [2.24, 2.45) is 50.2 Å². The van der Waals surface area contributed by atoms with Crippen LogP contribution in [0.2, 0.25) is 0 Å². The van der Waals surface area contributed by atoms with Gasteiger partial charge in [-0.2, -0.15) is 0 Å². The third kappa shape index (κ3) is 3.38. The van der Waals surface area contributed by atoms with Crippen LogP contribution in [0.3, 0.4) is 0 Å². The van der Waals surface area contributed by atoms with Crippen molar-refractivity contribution in [3.05, 3.63) is 11.6 Å². The first kappa shape index (κ1) is 26.0. The highest BCUT2D eigenvalue weighted by Crippen LogP contribution is 2.75. The summed E-state index contributed by atoms with van der Waals surface area (Å²) in [4.78, 5) is 14.4. The molecule has 5 aliphatic carbocycles. The summed E-state index contributed by atoms with van der Waals surface area (Å²) < 4.78 is 5.62. The van der Waals surface area contributed by atoms with Crippen LogP contribution in [-0.4, -0.2) is 30.7 Å². The van der Waals surface area contributed by atoms with E-state index in [9.17, 15) is 9.90 Å². The smallest absolute Gasteiger partial charge is 0.159 e.